The highest BCUT2D eigenvalue weighted by Gasteiger charge is 2.34. The second kappa shape index (κ2) is 13.2. The first-order valence-electron chi connectivity index (χ1n) is 10.5. The number of carbonyl (C=O) groups is 1. The first-order chi connectivity index (χ1) is 12.1. The lowest BCUT2D eigenvalue weighted by Gasteiger charge is -2.37. The van der Waals surface area contributed by atoms with E-state index in [0.717, 1.165) is 49.4 Å². The molecule has 3 saturated carbocycles. The lowest BCUT2D eigenvalue weighted by atomic mass is 9.69. The largest absolute Gasteiger partial charge is 0.462 e. The van der Waals surface area contributed by atoms with Crippen LogP contribution in [0.1, 0.15) is 98.3 Å². The fourth-order valence-corrected chi connectivity index (χ4v) is 5.19. The summed E-state index contributed by atoms with van der Waals surface area (Å²) in [7, 11) is 0. The van der Waals surface area contributed by atoms with Crippen molar-refractivity contribution >= 4 is 43.2 Å². The van der Waals surface area contributed by atoms with Gasteiger partial charge in [-0.25, -0.2) is 0 Å². The molecule has 2 nitrogen and oxygen atoms in total. The van der Waals surface area contributed by atoms with Crippen LogP contribution in [0.5, 0.6) is 0 Å². The Bertz CT molecular complexity index is 378. The molecule has 0 aromatic rings. The zero-order chi connectivity index (χ0) is 18.2. The van der Waals surface area contributed by atoms with Crippen molar-refractivity contribution in [3.05, 3.63) is 0 Å². The summed E-state index contributed by atoms with van der Waals surface area (Å²) >= 11 is 4.24. The van der Waals surface area contributed by atoms with Crippen molar-refractivity contribution in [3.8, 4) is 0 Å². The van der Waals surface area contributed by atoms with Crippen molar-refractivity contribution in [2.45, 2.75) is 104 Å². The number of ether oxygens (including phenoxy) is 1. The Morgan fingerprint density at radius 3 is 1.54 bits per heavy atom. The molecule has 154 valence electrons. The second-order valence-electron chi connectivity index (χ2n) is 8.95. The van der Waals surface area contributed by atoms with Gasteiger partial charge in [-0.15, -0.1) is 0 Å². The van der Waals surface area contributed by atoms with E-state index in [4.69, 9.17) is 4.74 Å². The van der Waals surface area contributed by atoms with Gasteiger partial charge < -0.3 is 4.74 Å². The van der Waals surface area contributed by atoms with Crippen LogP contribution in [0.2, 0.25) is 0 Å². The van der Waals surface area contributed by atoms with Crippen LogP contribution in [-0.2, 0) is 9.53 Å². The Morgan fingerprint density at radius 2 is 1.08 bits per heavy atom. The summed E-state index contributed by atoms with van der Waals surface area (Å²) < 4.78 is 5.83. The van der Waals surface area contributed by atoms with E-state index in [2.05, 4.69) is 51.1 Å². The van der Waals surface area contributed by atoms with Crippen LogP contribution in [0.15, 0.2) is 0 Å². The minimum atomic E-state index is 0. The third-order valence-electron chi connectivity index (χ3n) is 7.08. The Kier molecular flexibility index (Phi) is 12.7. The highest BCUT2D eigenvalue weighted by atomic mass is 128. The maximum Gasteiger partial charge on any atom is 0.309 e. The molecule has 0 amide bonds. The van der Waals surface area contributed by atoms with Crippen molar-refractivity contribution in [1.29, 1.82) is 0 Å². The molecule has 0 aromatic carbocycles. The third kappa shape index (κ3) is 7.75. The molecule has 26 heavy (non-hydrogen) atoms. The highest BCUT2D eigenvalue weighted by Crippen LogP contribution is 2.41. The molecule has 0 bridgehead atoms. The fourth-order valence-electron chi connectivity index (χ4n) is 5.19. The summed E-state index contributed by atoms with van der Waals surface area (Å²) in [6, 6.07) is 0. The monoisotopic (exact) mass is 590 g/mol. The number of esters is 1. The van der Waals surface area contributed by atoms with E-state index >= 15 is 0 Å². The molecule has 3 aliphatic rings. The van der Waals surface area contributed by atoms with Gasteiger partial charge in [-0.3, -0.25) is 4.79 Å². The van der Waals surface area contributed by atoms with Crippen molar-refractivity contribution in [3.63, 3.8) is 0 Å². The van der Waals surface area contributed by atoms with Gasteiger partial charge in [0.25, 0.3) is 0 Å². The summed E-state index contributed by atoms with van der Waals surface area (Å²) in [6.45, 7) is 4.71. The summed E-state index contributed by atoms with van der Waals surface area (Å²) in [4.78, 5) is 12.5. The van der Waals surface area contributed by atoms with Crippen molar-refractivity contribution in [2.75, 3.05) is 0 Å². The first kappa shape index (κ1) is 25.0. The molecule has 3 fully saturated rings. The van der Waals surface area contributed by atoms with Crippen LogP contribution in [-0.4, -0.2) is 12.1 Å². The zero-order valence-electron chi connectivity index (χ0n) is 16.0. The third-order valence-corrected chi connectivity index (χ3v) is 7.08. The van der Waals surface area contributed by atoms with E-state index in [1.807, 2.05) is 0 Å². The van der Waals surface area contributed by atoms with Gasteiger partial charge >= 0.3 is 5.97 Å². The number of carbonyl (C=O) groups excluding carboxylic acids is 1. The van der Waals surface area contributed by atoms with E-state index in [1.165, 1.54) is 51.4 Å². The molecule has 0 N–H and O–H groups in total. The van der Waals surface area contributed by atoms with Crippen LogP contribution >= 0.6 is 37.2 Å². The predicted molar refractivity (Wildman–Crippen MR) is 129 cm³/mol. The number of halogens is 2. The average Bonchev–Trinajstić information content (AvgIpc) is 2.66. The van der Waals surface area contributed by atoms with Gasteiger partial charge in [-0.05, 0) is 87.9 Å². The lowest BCUT2D eigenvalue weighted by Crippen LogP contribution is -2.31. The Hall–Kier alpha value is 0.930. The molecule has 0 unspecified atom stereocenters. The molecular formula is C22H40I2O2. The number of hydrogen-bond donors (Lipinski definition) is 0. The van der Waals surface area contributed by atoms with Crippen LogP contribution in [0.3, 0.4) is 0 Å². The summed E-state index contributed by atoms with van der Waals surface area (Å²) in [5.41, 5.74) is 0. The van der Waals surface area contributed by atoms with Crippen molar-refractivity contribution < 1.29 is 9.53 Å². The topological polar surface area (TPSA) is 26.3 Å². The van der Waals surface area contributed by atoms with Gasteiger partial charge in [0.05, 0.1) is 5.92 Å². The van der Waals surface area contributed by atoms with E-state index < -0.39 is 0 Å². The van der Waals surface area contributed by atoms with Crippen molar-refractivity contribution in [2.24, 2.45) is 29.6 Å². The fraction of sp³-hybridized carbons (Fsp3) is 0.955. The normalized spacial score (nSPS) is 37.5. The molecule has 4 heteroatoms. The van der Waals surface area contributed by atoms with Gasteiger partial charge in [-0.1, -0.05) is 34.1 Å². The predicted octanol–water partition coefficient (Wildman–Crippen LogP) is 8.15. The van der Waals surface area contributed by atoms with Gasteiger partial charge in [0.1, 0.15) is 6.10 Å². The SMILES string of the molecule is C.CC1CCC(OC(=O)C2CCC(C3CCC(C)CC3)CC2)CC1.II. The van der Waals surface area contributed by atoms with Crippen LogP contribution < -0.4 is 0 Å². The van der Waals surface area contributed by atoms with Crippen LogP contribution in [0.4, 0.5) is 0 Å². The molecule has 0 atom stereocenters. The summed E-state index contributed by atoms with van der Waals surface area (Å²) in [5.74, 6) is 3.92. The minimum absolute atomic E-state index is 0. The maximum absolute atomic E-state index is 12.5. The molecule has 0 saturated heterocycles. The molecule has 3 aliphatic carbocycles. The smallest absolute Gasteiger partial charge is 0.309 e. The average molecular weight is 590 g/mol. The zero-order valence-corrected chi connectivity index (χ0v) is 20.3. The minimum Gasteiger partial charge on any atom is -0.462 e. The first-order valence-corrected chi connectivity index (χ1v) is 16.7. The Balaban J connectivity index is 0.00000109. The number of hydrogen-bond acceptors (Lipinski definition) is 2. The van der Waals surface area contributed by atoms with Gasteiger partial charge in [0.15, 0.2) is 0 Å². The second-order valence-corrected chi connectivity index (χ2v) is 8.95. The van der Waals surface area contributed by atoms with E-state index in [1.54, 1.807) is 0 Å². The standard InChI is InChI=1S/C21H36O2.CH4.I2/c1-15-3-7-17(8-4-15)18-9-11-19(12-10-18)21(22)23-20-13-5-16(2)6-14-20;;1-2/h15-20H,3-14H2,1-2H3;1H4;. The maximum atomic E-state index is 12.5. The molecule has 0 aliphatic heterocycles. The number of rotatable bonds is 3. The quantitative estimate of drug-likeness (QED) is 0.245. The molecule has 0 radical (unpaired) electrons. The summed E-state index contributed by atoms with van der Waals surface area (Å²) in [6.07, 6.45) is 15.2. The molecule has 0 aromatic heterocycles. The van der Waals surface area contributed by atoms with Gasteiger partial charge in [0.2, 0.25) is 0 Å². The van der Waals surface area contributed by atoms with Gasteiger partial charge in [0, 0.05) is 37.2 Å². The lowest BCUT2D eigenvalue weighted by molar-refractivity contribution is -0.157. The highest BCUT2D eigenvalue weighted by molar-refractivity contribution is 15.0. The summed E-state index contributed by atoms with van der Waals surface area (Å²) in [5, 5.41) is 0. The molecule has 3 rings (SSSR count). The van der Waals surface area contributed by atoms with Crippen LogP contribution in [0, 0.1) is 29.6 Å². The van der Waals surface area contributed by atoms with E-state index in [0.29, 0.717) is 0 Å². The van der Waals surface area contributed by atoms with Crippen LogP contribution in [0.25, 0.3) is 0 Å². The van der Waals surface area contributed by atoms with Crippen molar-refractivity contribution in [1.82, 2.24) is 0 Å². The molecule has 0 spiro atoms. The Labute approximate surface area is 185 Å². The Morgan fingerprint density at radius 1 is 0.692 bits per heavy atom. The molecule has 0 heterocycles. The van der Waals surface area contributed by atoms with Gasteiger partial charge in [-0.2, -0.15) is 0 Å². The molecular weight excluding hydrogens is 550 g/mol. The van der Waals surface area contributed by atoms with E-state index in [9.17, 15) is 4.79 Å². The van der Waals surface area contributed by atoms with E-state index in [-0.39, 0.29) is 25.4 Å².